The normalized spacial score (nSPS) is 12.7. The second-order valence-electron chi connectivity index (χ2n) is 4.70. The van der Waals surface area contributed by atoms with E-state index >= 15 is 0 Å². The lowest BCUT2D eigenvalue weighted by atomic mass is 10.00. The topological polar surface area (TPSA) is 51.0 Å². The average molecular weight is 245 g/mol. The van der Waals surface area contributed by atoms with E-state index < -0.39 is 0 Å². The molecule has 0 spiro atoms. The van der Waals surface area contributed by atoms with Crippen LogP contribution >= 0.6 is 0 Å². The van der Waals surface area contributed by atoms with Crippen molar-refractivity contribution in [2.24, 2.45) is 0 Å². The van der Waals surface area contributed by atoms with Crippen LogP contribution in [-0.4, -0.2) is 10.1 Å². The quantitative estimate of drug-likeness (QED) is 0.900. The molecule has 0 aliphatic rings. The summed E-state index contributed by atoms with van der Waals surface area (Å²) < 4.78 is 5.08. The van der Waals surface area contributed by atoms with Crippen molar-refractivity contribution in [1.29, 1.82) is 0 Å². The van der Waals surface area contributed by atoms with Crippen LogP contribution in [0.25, 0.3) is 0 Å². The highest BCUT2D eigenvalue weighted by Crippen LogP contribution is 2.19. The van der Waals surface area contributed by atoms with E-state index in [2.05, 4.69) is 54.4 Å². The van der Waals surface area contributed by atoms with E-state index in [9.17, 15) is 0 Å². The van der Waals surface area contributed by atoms with Crippen molar-refractivity contribution < 1.29 is 4.52 Å². The molecule has 0 saturated heterocycles. The monoisotopic (exact) mass is 245 g/mol. The molecule has 2 rings (SSSR count). The summed E-state index contributed by atoms with van der Waals surface area (Å²) >= 11 is 0. The third-order valence-corrected chi connectivity index (χ3v) is 3.03. The highest BCUT2D eigenvalue weighted by Gasteiger charge is 2.10. The molecule has 1 atom stereocenters. The van der Waals surface area contributed by atoms with Gasteiger partial charge in [-0.25, -0.2) is 0 Å². The van der Waals surface area contributed by atoms with Gasteiger partial charge in [0.1, 0.15) is 0 Å². The number of nitrogens with one attached hydrogen (secondary N) is 1. The minimum atomic E-state index is 0.261. The SMILES string of the molecule is Cc1ccc(C)c(C(C)NCc2nc(C)no2)c1. The number of rotatable bonds is 4. The van der Waals surface area contributed by atoms with Gasteiger partial charge in [-0.1, -0.05) is 28.9 Å². The minimum absolute atomic E-state index is 0.261. The van der Waals surface area contributed by atoms with E-state index in [-0.39, 0.29) is 6.04 Å². The third-order valence-electron chi connectivity index (χ3n) is 3.03. The molecule has 4 heteroatoms. The fourth-order valence-electron chi connectivity index (χ4n) is 1.99. The largest absolute Gasteiger partial charge is 0.338 e. The van der Waals surface area contributed by atoms with Crippen LogP contribution in [-0.2, 0) is 6.54 Å². The summed E-state index contributed by atoms with van der Waals surface area (Å²) in [5.74, 6) is 1.30. The Morgan fingerprint density at radius 1 is 1.28 bits per heavy atom. The maximum atomic E-state index is 5.08. The van der Waals surface area contributed by atoms with Crippen molar-refractivity contribution in [2.75, 3.05) is 0 Å². The zero-order valence-corrected chi connectivity index (χ0v) is 11.3. The molecule has 1 N–H and O–H groups in total. The Labute approximate surface area is 107 Å². The molecule has 0 fully saturated rings. The van der Waals surface area contributed by atoms with E-state index in [4.69, 9.17) is 4.52 Å². The Balaban J connectivity index is 2.03. The number of aromatic nitrogens is 2. The highest BCUT2D eigenvalue weighted by atomic mass is 16.5. The zero-order chi connectivity index (χ0) is 13.1. The molecule has 1 aromatic carbocycles. The van der Waals surface area contributed by atoms with Crippen LogP contribution < -0.4 is 5.32 Å². The van der Waals surface area contributed by atoms with Crippen LogP contribution in [0, 0.1) is 20.8 Å². The third kappa shape index (κ3) is 2.96. The first kappa shape index (κ1) is 12.8. The van der Waals surface area contributed by atoms with E-state index in [1.54, 1.807) is 0 Å². The van der Waals surface area contributed by atoms with Gasteiger partial charge < -0.3 is 9.84 Å². The van der Waals surface area contributed by atoms with Gasteiger partial charge in [0, 0.05) is 6.04 Å². The van der Waals surface area contributed by atoms with E-state index in [1.165, 1.54) is 16.7 Å². The van der Waals surface area contributed by atoms with Gasteiger partial charge in [-0.15, -0.1) is 0 Å². The molecule has 1 aromatic heterocycles. The molecular weight excluding hydrogens is 226 g/mol. The number of benzene rings is 1. The Bertz CT molecular complexity index is 534. The summed E-state index contributed by atoms with van der Waals surface area (Å²) in [7, 11) is 0. The molecule has 0 amide bonds. The average Bonchev–Trinajstić information content (AvgIpc) is 2.75. The summed E-state index contributed by atoms with van der Waals surface area (Å²) in [5, 5.41) is 7.17. The fraction of sp³-hybridized carbons (Fsp3) is 0.429. The van der Waals surface area contributed by atoms with Crippen LogP contribution in [0.1, 0.15) is 41.4 Å². The Kier molecular flexibility index (Phi) is 3.77. The van der Waals surface area contributed by atoms with Crippen molar-refractivity contribution >= 4 is 0 Å². The summed E-state index contributed by atoms with van der Waals surface area (Å²) in [6, 6.07) is 6.76. The van der Waals surface area contributed by atoms with Crippen molar-refractivity contribution in [3.63, 3.8) is 0 Å². The second kappa shape index (κ2) is 5.31. The first-order valence-corrected chi connectivity index (χ1v) is 6.16. The smallest absolute Gasteiger partial charge is 0.240 e. The molecule has 18 heavy (non-hydrogen) atoms. The van der Waals surface area contributed by atoms with Crippen LogP contribution in [0.5, 0.6) is 0 Å². The van der Waals surface area contributed by atoms with Gasteiger partial charge in [-0.2, -0.15) is 4.98 Å². The van der Waals surface area contributed by atoms with Crippen LogP contribution in [0.15, 0.2) is 22.7 Å². The molecular formula is C14H19N3O. The number of nitrogens with zero attached hydrogens (tertiary/aromatic N) is 2. The maximum Gasteiger partial charge on any atom is 0.240 e. The number of hydrogen-bond donors (Lipinski definition) is 1. The van der Waals surface area contributed by atoms with Gasteiger partial charge in [0.05, 0.1) is 6.54 Å². The lowest BCUT2D eigenvalue weighted by Gasteiger charge is -2.16. The number of hydrogen-bond acceptors (Lipinski definition) is 4. The first-order chi connectivity index (χ1) is 8.56. The molecule has 96 valence electrons. The Hall–Kier alpha value is -1.68. The second-order valence-corrected chi connectivity index (χ2v) is 4.70. The minimum Gasteiger partial charge on any atom is -0.338 e. The summed E-state index contributed by atoms with van der Waals surface area (Å²) in [5.41, 5.74) is 3.88. The lowest BCUT2D eigenvalue weighted by Crippen LogP contribution is -2.19. The Morgan fingerprint density at radius 2 is 2.06 bits per heavy atom. The van der Waals surface area contributed by atoms with Crippen LogP contribution in [0.2, 0.25) is 0 Å². The fourth-order valence-corrected chi connectivity index (χ4v) is 1.99. The first-order valence-electron chi connectivity index (χ1n) is 6.16. The molecule has 0 saturated carbocycles. The highest BCUT2D eigenvalue weighted by molar-refractivity contribution is 5.32. The van der Waals surface area contributed by atoms with E-state index in [1.807, 2.05) is 6.92 Å². The molecule has 0 aliphatic heterocycles. The van der Waals surface area contributed by atoms with Gasteiger partial charge in [-0.3, -0.25) is 0 Å². The predicted molar refractivity (Wildman–Crippen MR) is 70.2 cm³/mol. The van der Waals surface area contributed by atoms with Gasteiger partial charge in [0.15, 0.2) is 5.82 Å². The molecule has 2 aromatic rings. The van der Waals surface area contributed by atoms with Crippen molar-refractivity contribution in [2.45, 2.75) is 40.3 Å². The van der Waals surface area contributed by atoms with E-state index in [0.717, 1.165) is 0 Å². The van der Waals surface area contributed by atoms with Crippen molar-refractivity contribution in [3.05, 3.63) is 46.6 Å². The van der Waals surface area contributed by atoms with Gasteiger partial charge in [0.25, 0.3) is 0 Å². The standard InChI is InChI=1S/C14H19N3O/c1-9-5-6-10(2)13(7-9)11(3)15-8-14-16-12(4)17-18-14/h5-7,11,15H,8H2,1-4H3. The summed E-state index contributed by atoms with van der Waals surface area (Å²) in [6.45, 7) is 8.79. The van der Waals surface area contributed by atoms with Gasteiger partial charge >= 0.3 is 0 Å². The number of aryl methyl sites for hydroxylation is 3. The molecule has 0 radical (unpaired) electrons. The molecule has 1 heterocycles. The summed E-state index contributed by atoms with van der Waals surface area (Å²) in [4.78, 5) is 4.18. The molecule has 4 nitrogen and oxygen atoms in total. The maximum absolute atomic E-state index is 5.08. The van der Waals surface area contributed by atoms with Crippen LogP contribution in [0.3, 0.4) is 0 Å². The van der Waals surface area contributed by atoms with E-state index in [0.29, 0.717) is 18.3 Å². The van der Waals surface area contributed by atoms with Gasteiger partial charge in [-0.05, 0) is 38.8 Å². The van der Waals surface area contributed by atoms with Crippen molar-refractivity contribution in [3.8, 4) is 0 Å². The Morgan fingerprint density at radius 3 is 2.72 bits per heavy atom. The molecule has 0 bridgehead atoms. The van der Waals surface area contributed by atoms with Gasteiger partial charge in [0.2, 0.25) is 5.89 Å². The van der Waals surface area contributed by atoms with Crippen LogP contribution in [0.4, 0.5) is 0 Å². The summed E-state index contributed by atoms with van der Waals surface area (Å²) in [6.07, 6.45) is 0. The van der Waals surface area contributed by atoms with Crippen molar-refractivity contribution in [1.82, 2.24) is 15.5 Å². The zero-order valence-electron chi connectivity index (χ0n) is 11.3. The lowest BCUT2D eigenvalue weighted by molar-refractivity contribution is 0.357. The molecule has 0 aliphatic carbocycles. The predicted octanol–water partition coefficient (Wildman–Crippen LogP) is 2.85. The molecule has 1 unspecified atom stereocenters.